The molecule has 18 heavy (non-hydrogen) atoms. The highest BCUT2D eigenvalue weighted by Gasteiger charge is 2.12. The number of hydrogen-bond donors (Lipinski definition) is 2. The second-order valence-corrected chi connectivity index (χ2v) is 4.80. The van der Waals surface area contributed by atoms with E-state index in [2.05, 4.69) is 5.32 Å². The molecule has 4 nitrogen and oxygen atoms in total. The molecular weight excluding hydrogens is 248 g/mol. The lowest BCUT2D eigenvalue weighted by Crippen LogP contribution is -2.21. The van der Waals surface area contributed by atoms with Crippen molar-refractivity contribution in [3.63, 3.8) is 0 Å². The number of amides is 1. The summed E-state index contributed by atoms with van der Waals surface area (Å²) < 4.78 is 5.54. The van der Waals surface area contributed by atoms with Crippen LogP contribution in [0.15, 0.2) is 24.3 Å². The first kappa shape index (κ1) is 14.9. The zero-order chi connectivity index (χ0) is 13.4. The third-order valence-corrected chi connectivity index (χ3v) is 3.49. The van der Waals surface area contributed by atoms with E-state index < -0.39 is 0 Å². The highest BCUT2D eigenvalue weighted by molar-refractivity contribution is 7.99. The van der Waals surface area contributed by atoms with Crippen LogP contribution in [-0.4, -0.2) is 31.1 Å². The fraction of sp³-hybridized carbons (Fsp3) is 0.462. The molecule has 0 radical (unpaired) electrons. The average molecular weight is 268 g/mol. The van der Waals surface area contributed by atoms with E-state index in [4.69, 9.17) is 10.5 Å². The minimum absolute atomic E-state index is 0.0188. The lowest BCUT2D eigenvalue weighted by Gasteiger charge is -2.16. The summed E-state index contributed by atoms with van der Waals surface area (Å²) in [4.78, 5) is 11.1. The maximum absolute atomic E-state index is 11.1. The topological polar surface area (TPSA) is 64.3 Å². The van der Waals surface area contributed by atoms with Crippen LogP contribution in [0.4, 0.5) is 0 Å². The van der Waals surface area contributed by atoms with Crippen molar-refractivity contribution in [2.45, 2.75) is 13.0 Å². The molecule has 0 aliphatic heterocycles. The number of benzene rings is 1. The van der Waals surface area contributed by atoms with Crippen LogP contribution in [0.25, 0.3) is 0 Å². The second-order valence-electron chi connectivity index (χ2n) is 3.77. The largest absolute Gasteiger partial charge is 0.494 e. The Balaban J connectivity index is 2.55. The van der Waals surface area contributed by atoms with Gasteiger partial charge in [-0.3, -0.25) is 4.79 Å². The third-order valence-electron chi connectivity index (χ3n) is 2.43. The van der Waals surface area contributed by atoms with E-state index >= 15 is 0 Å². The molecule has 0 heterocycles. The zero-order valence-electron chi connectivity index (χ0n) is 10.8. The summed E-state index contributed by atoms with van der Waals surface area (Å²) in [5.41, 5.74) is 7.11. The van der Waals surface area contributed by atoms with Crippen molar-refractivity contribution in [2.75, 3.05) is 25.2 Å². The SMILES string of the molecule is CCOc1ccccc1C(N)CSCC(=O)NC. The van der Waals surface area contributed by atoms with Crippen molar-refractivity contribution >= 4 is 17.7 Å². The van der Waals surface area contributed by atoms with Crippen molar-refractivity contribution in [3.05, 3.63) is 29.8 Å². The molecule has 100 valence electrons. The first-order valence-electron chi connectivity index (χ1n) is 5.94. The van der Waals surface area contributed by atoms with Gasteiger partial charge in [-0.05, 0) is 13.0 Å². The highest BCUT2D eigenvalue weighted by atomic mass is 32.2. The molecule has 1 rings (SSSR count). The van der Waals surface area contributed by atoms with Gasteiger partial charge >= 0.3 is 0 Å². The third kappa shape index (κ3) is 4.58. The maximum Gasteiger partial charge on any atom is 0.229 e. The lowest BCUT2D eigenvalue weighted by molar-refractivity contribution is -0.118. The molecule has 1 atom stereocenters. The van der Waals surface area contributed by atoms with Crippen LogP contribution >= 0.6 is 11.8 Å². The fourth-order valence-electron chi connectivity index (χ4n) is 1.51. The van der Waals surface area contributed by atoms with E-state index in [1.807, 2.05) is 31.2 Å². The number of carbonyl (C=O) groups is 1. The molecule has 0 bridgehead atoms. The predicted octanol–water partition coefficient (Wildman–Crippen LogP) is 1.56. The molecule has 1 aromatic rings. The Kier molecular flexibility index (Phi) is 6.60. The van der Waals surface area contributed by atoms with Gasteiger partial charge in [-0.1, -0.05) is 18.2 Å². The van der Waals surface area contributed by atoms with Crippen molar-refractivity contribution in [1.82, 2.24) is 5.32 Å². The molecule has 0 aliphatic carbocycles. The number of hydrogen-bond acceptors (Lipinski definition) is 4. The monoisotopic (exact) mass is 268 g/mol. The van der Waals surface area contributed by atoms with Crippen molar-refractivity contribution in [3.8, 4) is 5.75 Å². The Bertz CT molecular complexity index is 385. The summed E-state index contributed by atoms with van der Waals surface area (Å²) in [6.07, 6.45) is 0. The molecule has 0 saturated heterocycles. The van der Waals surface area contributed by atoms with Gasteiger partial charge in [0.25, 0.3) is 0 Å². The molecular formula is C13H20N2O2S. The van der Waals surface area contributed by atoms with Gasteiger partial charge in [-0.15, -0.1) is 0 Å². The number of carbonyl (C=O) groups excluding carboxylic acids is 1. The molecule has 1 amide bonds. The van der Waals surface area contributed by atoms with Crippen LogP contribution in [0.3, 0.4) is 0 Å². The minimum Gasteiger partial charge on any atom is -0.494 e. The number of ether oxygens (including phenoxy) is 1. The molecule has 5 heteroatoms. The van der Waals surface area contributed by atoms with Gasteiger partial charge in [0.1, 0.15) is 5.75 Å². The van der Waals surface area contributed by atoms with Crippen LogP contribution < -0.4 is 15.8 Å². The zero-order valence-corrected chi connectivity index (χ0v) is 11.6. The summed E-state index contributed by atoms with van der Waals surface area (Å²) in [6, 6.07) is 7.64. The number of rotatable bonds is 7. The van der Waals surface area contributed by atoms with E-state index in [-0.39, 0.29) is 11.9 Å². The van der Waals surface area contributed by atoms with Gasteiger partial charge in [0.15, 0.2) is 0 Å². The van der Waals surface area contributed by atoms with E-state index in [1.54, 1.807) is 7.05 Å². The van der Waals surface area contributed by atoms with Crippen LogP contribution in [-0.2, 0) is 4.79 Å². The maximum atomic E-state index is 11.1. The number of para-hydroxylation sites is 1. The van der Waals surface area contributed by atoms with Gasteiger partial charge in [-0.25, -0.2) is 0 Å². The van der Waals surface area contributed by atoms with Crippen molar-refractivity contribution in [1.29, 1.82) is 0 Å². The molecule has 3 N–H and O–H groups in total. The molecule has 0 aliphatic rings. The van der Waals surface area contributed by atoms with Gasteiger partial charge in [0, 0.05) is 24.4 Å². The summed E-state index contributed by atoms with van der Waals surface area (Å²) in [5.74, 6) is 1.97. The van der Waals surface area contributed by atoms with Crippen LogP contribution in [0, 0.1) is 0 Å². The fourth-order valence-corrected chi connectivity index (χ4v) is 2.40. The van der Waals surface area contributed by atoms with Gasteiger partial charge in [0.2, 0.25) is 5.91 Å². The van der Waals surface area contributed by atoms with Gasteiger partial charge in [0.05, 0.1) is 12.4 Å². The summed E-state index contributed by atoms with van der Waals surface area (Å²) in [7, 11) is 1.63. The molecule has 0 spiro atoms. The van der Waals surface area contributed by atoms with Crippen LogP contribution in [0.5, 0.6) is 5.75 Å². The summed E-state index contributed by atoms with van der Waals surface area (Å²) >= 11 is 1.52. The molecule has 0 saturated carbocycles. The van der Waals surface area contributed by atoms with Crippen LogP contribution in [0.2, 0.25) is 0 Å². The van der Waals surface area contributed by atoms with E-state index in [0.717, 1.165) is 11.3 Å². The first-order chi connectivity index (χ1) is 8.69. The summed E-state index contributed by atoms with van der Waals surface area (Å²) in [5, 5.41) is 2.58. The van der Waals surface area contributed by atoms with Crippen LogP contribution in [0.1, 0.15) is 18.5 Å². The molecule has 0 fully saturated rings. The molecule has 1 unspecified atom stereocenters. The van der Waals surface area contributed by atoms with E-state index in [1.165, 1.54) is 11.8 Å². The van der Waals surface area contributed by atoms with Crippen molar-refractivity contribution < 1.29 is 9.53 Å². The second kappa shape index (κ2) is 8.00. The Morgan fingerprint density at radius 2 is 2.22 bits per heavy atom. The Labute approximate surface area is 112 Å². The Morgan fingerprint density at radius 1 is 1.50 bits per heavy atom. The smallest absolute Gasteiger partial charge is 0.229 e. The van der Waals surface area contributed by atoms with Gasteiger partial charge < -0.3 is 15.8 Å². The summed E-state index contributed by atoms with van der Waals surface area (Å²) in [6.45, 7) is 2.57. The number of thioether (sulfide) groups is 1. The minimum atomic E-state index is -0.123. The normalized spacial score (nSPS) is 11.9. The lowest BCUT2D eigenvalue weighted by atomic mass is 10.1. The number of nitrogens with one attached hydrogen (secondary N) is 1. The average Bonchev–Trinajstić information content (AvgIpc) is 2.39. The Morgan fingerprint density at radius 3 is 2.89 bits per heavy atom. The number of nitrogens with two attached hydrogens (primary N) is 1. The molecule has 0 aromatic heterocycles. The quantitative estimate of drug-likeness (QED) is 0.788. The first-order valence-corrected chi connectivity index (χ1v) is 7.10. The predicted molar refractivity (Wildman–Crippen MR) is 75.9 cm³/mol. The Hall–Kier alpha value is -1.20. The van der Waals surface area contributed by atoms with Crippen molar-refractivity contribution in [2.24, 2.45) is 5.73 Å². The van der Waals surface area contributed by atoms with Gasteiger partial charge in [-0.2, -0.15) is 11.8 Å². The molecule has 1 aromatic carbocycles. The highest BCUT2D eigenvalue weighted by Crippen LogP contribution is 2.25. The van der Waals surface area contributed by atoms with E-state index in [0.29, 0.717) is 18.1 Å². The standard InChI is InChI=1S/C13H20N2O2S/c1-3-17-12-7-5-4-6-10(12)11(14)8-18-9-13(16)15-2/h4-7,11H,3,8-9,14H2,1-2H3,(H,15,16). The van der Waals surface area contributed by atoms with E-state index in [9.17, 15) is 4.79 Å².